The van der Waals surface area contributed by atoms with Gasteiger partial charge in [-0.05, 0) is 20.8 Å². The Morgan fingerprint density at radius 3 is 2.57 bits per heavy atom. The van der Waals surface area contributed by atoms with Gasteiger partial charge in [-0.3, -0.25) is 4.79 Å². The Labute approximate surface area is 93.7 Å². The maximum Gasteiger partial charge on any atom is 0.321 e. The standard InChI is InChI=1S/C9H16ClNO2S/c1-6(4-10)5-14-9(2,3)7(11)8(12)13/h4,7H,5,11H2,1-3H3,(H,12,13)/t7-/m1/s1. The number of nitrogens with two attached hydrogens (primary N) is 1. The first-order chi connectivity index (χ1) is 6.31. The van der Waals surface area contributed by atoms with Gasteiger partial charge in [0.05, 0.1) is 0 Å². The number of carbonyl (C=O) groups is 1. The zero-order valence-corrected chi connectivity index (χ0v) is 10.2. The van der Waals surface area contributed by atoms with Crippen LogP contribution in [0.5, 0.6) is 0 Å². The minimum atomic E-state index is -0.977. The van der Waals surface area contributed by atoms with Crippen LogP contribution in [0.25, 0.3) is 0 Å². The second kappa shape index (κ2) is 5.63. The number of carboxylic acids is 1. The number of thioether (sulfide) groups is 1. The number of aliphatic carboxylic acids is 1. The third-order valence-electron chi connectivity index (χ3n) is 1.87. The highest BCUT2D eigenvalue weighted by atomic mass is 35.5. The van der Waals surface area contributed by atoms with Gasteiger partial charge in [0.2, 0.25) is 0 Å². The zero-order valence-electron chi connectivity index (χ0n) is 8.58. The Morgan fingerprint density at radius 2 is 2.21 bits per heavy atom. The molecular formula is C9H16ClNO2S. The molecule has 0 bridgehead atoms. The second-order valence-corrected chi connectivity index (χ2v) is 5.51. The normalized spacial score (nSPS) is 15.4. The summed E-state index contributed by atoms with van der Waals surface area (Å²) in [5.41, 5.74) is 8.05. The Morgan fingerprint density at radius 1 is 1.71 bits per heavy atom. The smallest absolute Gasteiger partial charge is 0.321 e. The molecule has 0 aliphatic rings. The van der Waals surface area contributed by atoms with E-state index in [1.807, 2.05) is 20.8 Å². The van der Waals surface area contributed by atoms with Gasteiger partial charge in [-0.2, -0.15) is 0 Å². The van der Waals surface area contributed by atoms with E-state index in [2.05, 4.69) is 0 Å². The lowest BCUT2D eigenvalue weighted by Gasteiger charge is -2.28. The van der Waals surface area contributed by atoms with E-state index in [0.29, 0.717) is 5.75 Å². The summed E-state index contributed by atoms with van der Waals surface area (Å²) in [6.07, 6.45) is 0. The molecule has 5 heteroatoms. The number of hydrogen-bond donors (Lipinski definition) is 2. The molecule has 1 atom stereocenters. The predicted molar refractivity (Wildman–Crippen MR) is 61.8 cm³/mol. The van der Waals surface area contributed by atoms with Crippen molar-refractivity contribution in [3.8, 4) is 0 Å². The van der Waals surface area contributed by atoms with Gasteiger partial charge in [-0.1, -0.05) is 17.2 Å². The topological polar surface area (TPSA) is 63.3 Å². The van der Waals surface area contributed by atoms with Crippen molar-refractivity contribution in [2.24, 2.45) is 5.73 Å². The Kier molecular flexibility index (Phi) is 5.56. The monoisotopic (exact) mass is 237 g/mol. The summed E-state index contributed by atoms with van der Waals surface area (Å²) in [6.45, 7) is 5.53. The Bertz CT molecular complexity index is 241. The van der Waals surface area contributed by atoms with E-state index >= 15 is 0 Å². The molecule has 0 saturated carbocycles. The number of hydrogen-bond acceptors (Lipinski definition) is 3. The molecule has 3 nitrogen and oxygen atoms in total. The average Bonchev–Trinajstić information content (AvgIpc) is 2.12. The van der Waals surface area contributed by atoms with E-state index in [1.54, 1.807) is 0 Å². The molecule has 0 spiro atoms. The third-order valence-corrected chi connectivity index (χ3v) is 3.84. The molecule has 0 aromatic heterocycles. The summed E-state index contributed by atoms with van der Waals surface area (Å²) in [4.78, 5) is 10.7. The molecule has 0 amide bonds. The molecule has 0 radical (unpaired) electrons. The molecule has 0 aromatic rings. The second-order valence-electron chi connectivity index (χ2n) is 3.66. The van der Waals surface area contributed by atoms with E-state index in [9.17, 15) is 4.79 Å². The van der Waals surface area contributed by atoms with Crippen LogP contribution in [0.15, 0.2) is 11.1 Å². The fourth-order valence-corrected chi connectivity index (χ4v) is 1.85. The van der Waals surface area contributed by atoms with E-state index in [1.165, 1.54) is 17.3 Å². The molecule has 82 valence electrons. The van der Waals surface area contributed by atoms with Crippen LogP contribution in [0.3, 0.4) is 0 Å². The van der Waals surface area contributed by atoms with Gasteiger partial charge >= 0.3 is 5.97 Å². The summed E-state index contributed by atoms with van der Waals surface area (Å²) >= 11 is 6.99. The van der Waals surface area contributed by atoms with E-state index in [-0.39, 0.29) is 0 Å². The van der Waals surface area contributed by atoms with Gasteiger partial charge in [0.1, 0.15) is 6.04 Å². The van der Waals surface area contributed by atoms with Crippen LogP contribution >= 0.6 is 23.4 Å². The minimum absolute atomic E-state index is 0.493. The zero-order chi connectivity index (χ0) is 11.4. The molecule has 0 unspecified atom stereocenters. The van der Waals surface area contributed by atoms with E-state index in [4.69, 9.17) is 22.4 Å². The summed E-state index contributed by atoms with van der Waals surface area (Å²) in [5.74, 6) is -0.285. The minimum Gasteiger partial charge on any atom is -0.480 e. The Hall–Kier alpha value is -0.190. The SMILES string of the molecule is CC(=CCl)CSC(C)(C)[C@H](N)C(=O)O. The van der Waals surface area contributed by atoms with Crippen molar-refractivity contribution in [2.45, 2.75) is 31.6 Å². The number of rotatable bonds is 5. The van der Waals surface area contributed by atoms with Crippen molar-refractivity contribution >= 4 is 29.3 Å². The van der Waals surface area contributed by atoms with Gasteiger partial charge in [0, 0.05) is 16.0 Å². The molecule has 0 rings (SSSR count). The van der Waals surface area contributed by atoms with Gasteiger partial charge in [-0.25, -0.2) is 0 Å². The summed E-state index contributed by atoms with van der Waals surface area (Å²) < 4.78 is -0.493. The maximum absolute atomic E-state index is 10.7. The fourth-order valence-electron chi connectivity index (χ4n) is 0.718. The van der Waals surface area contributed by atoms with Gasteiger partial charge < -0.3 is 10.8 Å². The molecule has 0 saturated heterocycles. The highest BCUT2D eigenvalue weighted by Gasteiger charge is 2.32. The van der Waals surface area contributed by atoms with Crippen molar-refractivity contribution in [1.29, 1.82) is 0 Å². The van der Waals surface area contributed by atoms with Crippen LogP contribution in [-0.2, 0) is 4.79 Å². The van der Waals surface area contributed by atoms with E-state index < -0.39 is 16.8 Å². The van der Waals surface area contributed by atoms with Crippen molar-refractivity contribution in [3.05, 3.63) is 11.1 Å². The van der Waals surface area contributed by atoms with E-state index in [0.717, 1.165) is 5.57 Å². The highest BCUT2D eigenvalue weighted by molar-refractivity contribution is 8.00. The summed E-state index contributed by atoms with van der Waals surface area (Å²) in [5, 5.41) is 8.76. The maximum atomic E-state index is 10.7. The van der Waals surface area contributed by atoms with Gasteiger partial charge in [-0.15, -0.1) is 11.8 Å². The first kappa shape index (κ1) is 13.8. The van der Waals surface area contributed by atoms with Crippen LogP contribution in [-0.4, -0.2) is 27.6 Å². The quantitative estimate of drug-likeness (QED) is 0.768. The lowest BCUT2D eigenvalue weighted by molar-refractivity contribution is -0.139. The fraction of sp³-hybridized carbons (Fsp3) is 0.667. The van der Waals surface area contributed by atoms with Crippen LogP contribution in [0.2, 0.25) is 0 Å². The summed E-state index contributed by atoms with van der Waals surface area (Å²) in [6, 6.07) is -0.865. The molecule has 0 aromatic carbocycles. The predicted octanol–water partition coefficient (Wildman–Crippen LogP) is 2.05. The third kappa shape index (κ3) is 4.35. The van der Waals surface area contributed by atoms with Crippen molar-refractivity contribution in [2.75, 3.05) is 5.75 Å². The molecule has 0 aliphatic carbocycles. The largest absolute Gasteiger partial charge is 0.480 e. The molecule has 3 N–H and O–H groups in total. The molecular weight excluding hydrogens is 222 g/mol. The van der Waals surface area contributed by atoms with Crippen LogP contribution in [0.1, 0.15) is 20.8 Å². The summed E-state index contributed by atoms with van der Waals surface area (Å²) in [7, 11) is 0. The molecule has 0 heterocycles. The first-order valence-corrected chi connectivity index (χ1v) is 5.61. The first-order valence-electron chi connectivity index (χ1n) is 4.19. The van der Waals surface area contributed by atoms with Crippen LogP contribution < -0.4 is 5.73 Å². The number of halogens is 1. The molecule has 14 heavy (non-hydrogen) atoms. The van der Waals surface area contributed by atoms with Crippen molar-refractivity contribution in [3.63, 3.8) is 0 Å². The van der Waals surface area contributed by atoms with Gasteiger partial charge in [0.25, 0.3) is 0 Å². The highest BCUT2D eigenvalue weighted by Crippen LogP contribution is 2.29. The lowest BCUT2D eigenvalue weighted by Crippen LogP contribution is -2.46. The number of carboxylic acid groups (broad SMARTS) is 1. The Balaban J connectivity index is 4.27. The lowest BCUT2D eigenvalue weighted by atomic mass is 10.1. The molecule has 0 fully saturated rings. The van der Waals surface area contributed by atoms with Crippen molar-refractivity contribution in [1.82, 2.24) is 0 Å². The average molecular weight is 238 g/mol. The van der Waals surface area contributed by atoms with Crippen LogP contribution in [0.4, 0.5) is 0 Å². The van der Waals surface area contributed by atoms with Gasteiger partial charge in [0.15, 0.2) is 0 Å². The van der Waals surface area contributed by atoms with Crippen LogP contribution in [0, 0.1) is 0 Å². The van der Waals surface area contributed by atoms with Crippen molar-refractivity contribution < 1.29 is 9.90 Å². The molecule has 0 aliphatic heterocycles.